The Morgan fingerprint density at radius 3 is 2.75 bits per heavy atom. The van der Waals surface area contributed by atoms with Gasteiger partial charge in [0.15, 0.2) is 0 Å². The van der Waals surface area contributed by atoms with Crippen LogP contribution in [0.1, 0.15) is 37.3 Å². The molecule has 32 heavy (non-hydrogen) atoms. The van der Waals surface area contributed by atoms with E-state index in [4.69, 9.17) is 0 Å². The summed E-state index contributed by atoms with van der Waals surface area (Å²) in [5.41, 5.74) is 0.493. The first kappa shape index (κ1) is 20.8. The molecule has 1 amide bonds. The van der Waals surface area contributed by atoms with Crippen LogP contribution in [0.25, 0.3) is 22.3 Å². The van der Waals surface area contributed by atoms with Crippen LogP contribution in [0.5, 0.6) is 0 Å². The Balaban J connectivity index is 1.75. The number of amides is 1. The van der Waals surface area contributed by atoms with Crippen LogP contribution in [-0.4, -0.2) is 44.9 Å². The maximum absolute atomic E-state index is 14.2. The Kier molecular flexibility index (Phi) is 4.88. The SMILES string of the molecule is C[C@@H]1CNCC[C@@H]1n1nc(-c2ncnc3c2[C@H](C(F)(F)F)CC(=O)N3)c2ccc(F)cc21. The summed E-state index contributed by atoms with van der Waals surface area (Å²) in [4.78, 5) is 19.9. The van der Waals surface area contributed by atoms with Gasteiger partial charge in [0.05, 0.1) is 17.5 Å². The number of aromatic nitrogens is 4. The molecule has 0 unspecified atom stereocenters. The number of hydrogen-bond donors (Lipinski definition) is 2. The van der Waals surface area contributed by atoms with Gasteiger partial charge in [0.1, 0.15) is 29.4 Å². The largest absolute Gasteiger partial charge is 0.396 e. The topological polar surface area (TPSA) is 84.7 Å². The Bertz CT molecular complexity index is 1210. The molecule has 4 heterocycles. The minimum atomic E-state index is -4.67. The number of nitrogens with zero attached hydrogens (tertiary/aromatic N) is 4. The lowest BCUT2D eigenvalue weighted by Crippen LogP contribution is -2.36. The number of piperidine rings is 1. The molecule has 168 valence electrons. The number of nitrogens with one attached hydrogen (secondary N) is 2. The van der Waals surface area contributed by atoms with E-state index in [2.05, 4.69) is 25.7 Å². The number of alkyl halides is 3. The van der Waals surface area contributed by atoms with Crippen molar-refractivity contribution in [2.24, 2.45) is 5.92 Å². The average Bonchev–Trinajstić information content (AvgIpc) is 3.10. The molecule has 2 aromatic heterocycles. The van der Waals surface area contributed by atoms with Gasteiger partial charge in [-0.25, -0.2) is 14.4 Å². The normalized spacial score (nSPS) is 23.8. The van der Waals surface area contributed by atoms with Crippen LogP contribution in [0, 0.1) is 11.7 Å². The summed E-state index contributed by atoms with van der Waals surface area (Å²) >= 11 is 0. The zero-order valence-electron chi connectivity index (χ0n) is 17.1. The Morgan fingerprint density at radius 2 is 2.00 bits per heavy atom. The molecule has 1 aromatic carbocycles. The molecule has 1 fully saturated rings. The lowest BCUT2D eigenvalue weighted by Gasteiger charge is -2.30. The molecule has 0 bridgehead atoms. The number of carbonyl (C=O) groups is 1. The predicted octanol–water partition coefficient (Wildman–Crippen LogP) is 3.79. The molecule has 5 rings (SSSR count). The fourth-order valence-corrected chi connectivity index (χ4v) is 4.67. The molecule has 0 radical (unpaired) electrons. The van der Waals surface area contributed by atoms with E-state index in [-0.39, 0.29) is 34.7 Å². The summed E-state index contributed by atoms with van der Waals surface area (Å²) in [6, 6.07) is 4.05. The summed E-state index contributed by atoms with van der Waals surface area (Å²) < 4.78 is 57.5. The van der Waals surface area contributed by atoms with Crippen LogP contribution in [0.4, 0.5) is 23.4 Å². The summed E-state index contributed by atoms with van der Waals surface area (Å²) in [5, 5.41) is 10.9. The van der Waals surface area contributed by atoms with Gasteiger partial charge in [-0.15, -0.1) is 0 Å². The third-order valence-electron chi connectivity index (χ3n) is 6.22. The molecule has 0 aliphatic carbocycles. The second kappa shape index (κ2) is 7.51. The van der Waals surface area contributed by atoms with Crippen molar-refractivity contribution in [1.82, 2.24) is 25.1 Å². The van der Waals surface area contributed by atoms with Gasteiger partial charge in [0.25, 0.3) is 0 Å². The van der Waals surface area contributed by atoms with Gasteiger partial charge in [-0.3, -0.25) is 9.48 Å². The number of halogens is 4. The summed E-state index contributed by atoms with van der Waals surface area (Å²) in [6.45, 7) is 3.55. The Hall–Kier alpha value is -3.08. The summed E-state index contributed by atoms with van der Waals surface area (Å²) in [7, 11) is 0. The van der Waals surface area contributed by atoms with E-state index >= 15 is 0 Å². The fourth-order valence-electron chi connectivity index (χ4n) is 4.67. The van der Waals surface area contributed by atoms with Crippen molar-refractivity contribution in [3.05, 3.63) is 35.9 Å². The minimum Gasteiger partial charge on any atom is -0.316 e. The molecule has 0 saturated carbocycles. The van der Waals surface area contributed by atoms with E-state index in [1.54, 1.807) is 4.68 Å². The van der Waals surface area contributed by atoms with Crippen molar-refractivity contribution in [1.29, 1.82) is 0 Å². The lowest BCUT2D eigenvalue weighted by atomic mass is 9.89. The number of carbonyl (C=O) groups excluding carboxylic acids is 1. The van der Waals surface area contributed by atoms with Crippen LogP contribution < -0.4 is 10.6 Å². The first-order chi connectivity index (χ1) is 15.2. The van der Waals surface area contributed by atoms with Crippen molar-refractivity contribution in [2.45, 2.75) is 37.9 Å². The van der Waals surface area contributed by atoms with Crippen molar-refractivity contribution < 1.29 is 22.4 Å². The first-order valence-corrected chi connectivity index (χ1v) is 10.3. The minimum absolute atomic E-state index is 0.00530. The molecule has 3 aromatic rings. The average molecular weight is 448 g/mol. The molecule has 3 atom stereocenters. The highest BCUT2D eigenvalue weighted by Crippen LogP contribution is 2.47. The summed E-state index contributed by atoms with van der Waals surface area (Å²) in [6.07, 6.45) is -3.57. The van der Waals surface area contributed by atoms with E-state index < -0.39 is 30.2 Å². The van der Waals surface area contributed by atoms with Crippen molar-refractivity contribution in [3.8, 4) is 11.4 Å². The molecule has 0 spiro atoms. The van der Waals surface area contributed by atoms with Gasteiger partial charge in [0.2, 0.25) is 5.91 Å². The molecule has 2 aliphatic heterocycles. The van der Waals surface area contributed by atoms with Crippen LogP contribution in [0.3, 0.4) is 0 Å². The third-order valence-corrected chi connectivity index (χ3v) is 6.22. The second-order valence-corrected chi connectivity index (χ2v) is 8.32. The fraction of sp³-hybridized carbons (Fsp3) is 0.429. The van der Waals surface area contributed by atoms with Crippen LogP contribution in [0.15, 0.2) is 24.5 Å². The van der Waals surface area contributed by atoms with E-state index in [1.807, 2.05) is 6.92 Å². The highest BCUT2D eigenvalue weighted by atomic mass is 19.4. The number of fused-ring (bicyclic) bond motifs is 2. The van der Waals surface area contributed by atoms with Crippen LogP contribution in [-0.2, 0) is 4.79 Å². The Morgan fingerprint density at radius 1 is 1.19 bits per heavy atom. The molecule has 2 aliphatic rings. The molecule has 2 N–H and O–H groups in total. The van der Waals surface area contributed by atoms with E-state index in [0.717, 1.165) is 25.8 Å². The molecule has 7 nitrogen and oxygen atoms in total. The zero-order valence-corrected chi connectivity index (χ0v) is 17.1. The highest BCUT2D eigenvalue weighted by Gasteiger charge is 2.47. The van der Waals surface area contributed by atoms with E-state index in [0.29, 0.717) is 10.9 Å². The van der Waals surface area contributed by atoms with Gasteiger partial charge in [-0.2, -0.15) is 18.3 Å². The monoisotopic (exact) mass is 448 g/mol. The number of rotatable bonds is 2. The van der Waals surface area contributed by atoms with Gasteiger partial charge < -0.3 is 10.6 Å². The van der Waals surface area contributed by atoms with Gasteiger partial charge in [-0.1, -0.05) is 6.92 Å². The predicted molar refractivity (Wildman–Crippen MR) is 108 cm³/mol. The molecular weight excluding hydrogens is 428 g/mol. The zero-order chi connectivity index (χ0) is 22.6. The maximum Gasteiger partial charge on any atom is 0.396 e. The second-order valence-electron chi connectivity index (χ2n) is 8.32. The Labute approximate surface area is 180 Å². The first-order valence-electron chi connectivity index (χ1n) is 10.3. The highest BCUT2D eigenvalue weighted by molar-refractivity contribution is 5.98. The van der Waals surface area contributed by atoms with Gasteiger partial charge >= 0.3 is 6.18 Å². The van der Waals surface area contributed by atoms with Crippen molar-refractivity contribution in [2.75, 3.05) is 18.4 Å². The number of anilines is 1. The van der Waals surface area contributed by atoms with Gasteiger partial charge in [-0.05, 0) is 43.6 Å². The standard InChI is InChI=1S/C21H20F4N6O/c1-10-8-26-5-4-14(10)31-15-6-11(22)2-3-12(15)18(30-31)19-17-13(21(23,24)25)7-16(32)29-20(17)28-9-27-19/h2-3,6,9-10,13-14,26H,4-5,7-8H2,1H3,(H,27,28,29,32)/t10-,13-,14+/m1/s1. The van der Waals surface area contributed by atoms with Gasteiger partial charge in [0, 0.05) is 17.4 Å². The smallest absolute Gasteiger partial charge is 0.316 e. The van der Waals surface area contributed by atoms with Crippen molar-refractivity contribution in [3.63, 3.8) is 0 Å². The van der Waals surface area contributed by atoms with Crippen LogP contribution >= 0.6 is 0 Å². The number of benzene rings is 1. The van der Waals surface area contributed by atoms with Crippen molar-refractivity contribution >= 4 is 22.6 Å². The van der Waals surface area contributed by atoms with E-state index in [9.17, 15) is 22.4 Å². The third kappa shape index (κ3) is 3.40. The molecule has 1 saturated heterocycles. The molecular formula is C21H20F4N6O. The maximum atomic E-state index is 14.2. The van der Waals surface area contributed by atoms with Crippen LogP contribution in [0.2, 0.25) is 0 Å². The lowest BCUT2D eigenvalue weighted by molar-refractivity contribution is -0.156. The van der Waals surface area contributed by atoms with E-state index in [1.165, 1.54) is 18.2 Å². The molecule has 11 heteroatoms. The quantitative estimate of drug-likeness (QED) is 0.583. The summed E-state index contributed by atoms with van der Waals surface area (Å²) in [5.74, 6) is -3.26. The number of hydrogen-bond acceptors (Lipinski definition) is 5.